The van der Waals surface area contributed by atoms with Crippen LogP contribution in [0.25, 0.3) is 0 Å². The molecule has 0 spiro atoms. The summed E-state index contributed by atoms with van der Waals surface area (Å²) in [6.45, 7) is -1.61. The van der Waals surface area contributed by atoms with Crippen molar-refractivity contribution in [3.05, 3.63) is 64.7 Å². The van der Waals surface area contributed by atoms with Crippen LogP contribution < -0.4 is 4.74 Å². The average molecular weight is 503 g/mol. The minimum atomic E-state index is -3.71. The van der Waals surface area contributed by atoms with Crippen molar-refractivity contribution in [3.8, 4) is 5.75 Å². The molecule has 35 heavy (non-hydrogen) atoms. The van der Waals surface area contributed by atoms with E-state index >= 15 is 0 Å². The maximum Gasteiger partial charge on any atom is 0.387 e. The second-order valence-electron chi connectivity index (χ2n) is 9.32. The number of ether oxygens (including phenoxy) is 2. The Morgan fingerprint density at radius 3 is 2.11 bits per heavy atom. The fraction of sp³-hybridized carbons (Fsp3) is 0.556. The molecule has 1 aliphatic rings. The first-order chi connectivity index (χ1) is 16.7. The van der Waals surface area contributed by atoms with Crippen LogP contribution in [0.4, 0.5) is 26.3 Å². The molecule has 0 N–H and O–H groups in total. The molecular weight excluding hydrogens is 470 g/mol. The van der Waals surface area contributed by atoms with E-state index in [1.165, 1.54) is 44.1 Å². The van der Waals surface area contributed by atoms with Gasteiger partial charge in [0.05, 0.1) is 13.0 Å². The minimum absolute atomic E-state index is 0.380. The van der Waals surface area contributed by atoms with E-state index in [4.69, 9.17) is 4.74 Å². The molecule has 0 amide bonds. The fourth-order valence-corrected chi connectivity index (χ4v) is 4.75. The summed E-state index contributed by atoms with van der Waals surface area (Å²) in [5.41, 5.74) is 1.32. The van der Waals surface area contributed by atoms with Crippen molar-refractivity contribution in [2.24, 2.45) is 5.92 Å². The highest BCUT2D eigenvalue weighted by Gasteiger charge is 2.32. The van der Waals surface area contributed by atoms with Crippen LogP contribution in [-0.4, -0.2) is 12.7 Å². The van der Waals surface area contributed by atoms with Gasteiger partial charge in [-0.3, -0.25) is 0 Å². The van der Waals surface area contributed by atoms with Crippen LogP contribution >= 0.6 is 0 Å². The highest BCUT2D eigenvalue weighted by Crippen LogP contribution is 2.38. The monoisotopic (exact) mass is 502 g/mol. The Labute approximate surface area is 202 Å². The SMILES string of the molecule is CCCCCC1CCC(c2ccc(COC(F)(F)Cc3cc(F)c(OC(F)F)c(F)c3)cc2)CC1. The Morgan fingerprint density at radius 1 is 0.914 bits per heavy atom. The van der Waals surface area contributed by atoms with Gasteiger partial charge in [0, 0.05) is 0 Å². The normalized spacial score (nSPS) is 18.7. The summed E-state index contributed by atoms with van der Waals surface area (Å²) in [5.74, 6) is -2.99. The number of rotatable bonds is 12. The zero-order valence-corrected chi connectivity index (χ0v) is 19.9. The average Bonchev–Trinajstić information content (AvgIpc) is 2.81. The van der Waals surface area contributed by atoms with Crippen LogP contribution in [0.2, 0.25) is 0 Å². The van der Waals surface area contributed by atoms with Gasteiger partial charge in [0.2, 0.25) is 0 Å². The van der Waals surface area contributed by atoms with E-state index in [1.54, 1.807) is 12.1 Å². The number of alkyl halides is 4. The van der Waals surface area contributed by atoms with E-state index in [9.17, 15) is 26.3 Å². The topological polar surface area (TPSA) is 18.5 Å². The molecule has 2 aromatic carbocycles. The number of benzene rings is 2. The van der Waals surface area contributed by atoms with Gasteiger partial charge in [0.15, 0.2) is 17.4 Å². The lowest BCUT2D eigenvalue weighted by molar-refractivity contribution is -0.244. The van der Waals surface area contributed by atoms with Crippen LogP contribution in [0.15, 0.2) is 36.4 Å². The molecule has 194 valence electrons. The van der Waals surface area contributed by atoms with Gasteiger partial charge in [-0.25, -0.2) is 8.78 Å². The predicted molar refractivity (Wildman–Crippen MR) is 122 cm³/mol. The minimum Gasteiger partial charge on any atom is -0.429 e. The van der Waals surface area contributed by atoms with Gasteiger partial charge in [0.1, 0.15) is 0 Å². The van der Waals surface area contributed by atoms with Crippen molar-refractivity contribution >= 4 is 0 Å². The van der Waals surface area contributed by atoms with Crippen LogP contribution in [0.3, 0.4) is 0 Å². The molecule has 0 saturated heterocycles. The molecule has 8 heteroatoms. The zero-order valence-electron chi connectivity index (χ0n) is 19.9. The number of hydrogen-bond donors (Lipinski definition) is 0. The van der Waals surface area contributed by atoms with Crippen LogP contribution in [0, 0.1) is 17.6 Å². The van der Waals surface area contributed by atoms with Gasteiger partial charge in [-0.05, 0) is 66.3 Å². The molecule has 1 saturated carbocycles. The Morgan fingerprint density at radius 2 is 1.54 bits per heavy atom. The Bertz CT molecular complexity index is 901. The second kappa shape index (κ2) is 12.7. The summed E-state index contributed by atoms with van der Waals surface area (Å²) in [6, 6.07) is 8.48. The number of hydrogen-bond acceptors (Lipinski definition) is 2. The summed E-state index contributed by atoms with van der Waals surface area (Å²) in [5, 5.41) is 0. The molecule has 2 aromatic rings. The lowest BCUT2D eigenvalue weighted by Gasteiger charge is -2.29. The third kappa shape index (κ3) is 8.44. The lowest BCUT2D eigenvalue weighted by atomic mass is 9.77. The maximum atomic E-state index is 14.3. The van der Waals surface area contributed by atoms with Crippen molar-refractivity contribution in [2.45, 2.75) is 90.0 Å². The van der Waals surface area contributed by atoms with Gasteiger partial charge >= 0.3 is 12.7 Å². The fourth-order valence-electron chi connectivity index (χ4n) is 4.75. The summed E-state index contributed by atoms with van der Waals surface area (Å²) in [4.78, 5) is 0. The molecule has 2 nitrogen and oxygen atoms in total. The lowest BCUT2D eigenvalue weighted by Crippen LogP contribution is -2.24. The van der Waals surface area contributed by atoms with E-state index in [1.807, 2.05) is 12.1 Å². The van der Waals surface area contributed by atoms with Gasteiger partial charge in [-0.2, -0.15) is 17.6 Å². The van der Waals surface area contributed by atoms with E-state index in [-0.39, 0.29) is 6.61 Å². The quantitative estimate of drug-likeness (QED) is 0.213. The standard InChI is InChI=1S/C27H32F6O2/c1-2-3-4-5-18-6-10-21(11-7-18)22-12-8-19(9-13-22)17-34-27(32,33)16-20-14-23(28)25(24(29)15-20)35-26(30)31/h8-9,12-15,18,21,26H,2-7,10-11,16-17H2,1H3. The van der Waals surface area contributed by atoms with Gasteiger partial charge in [-0.1, -0.05) is 56.9 Å². The summed E-state index contributed by atoms with van der Waals surface area (Å²) in [6.07, 6.45) is 5.03. The molecular formula is C27H32F6O2. The summed E-state index contributed by atoms with van der Waals surface area (Å²) >= 11 is 0. The predicted octanol–water partition coefficient (Wildman–Crippen LogP) is 8.77. The van der Waals surface area contributed by atoms with Crippen molar-refractivity contribution < 1.29 is 35.8 Å². The first kappa shape index (κ1) is 27.4. The van der Waals surface area contributed by atoms with Crippen molar-refractivity contribution in [3.63, 3.8) is 0 Å². The first-order valence-corrected chi connectivity index (χ1v) is 12.2. The second-order valence-corrected chi connectivity index (χ2v) is 9.32. The summed E-state index contributed by atoms with van der Waals surface area (Å²) < 4.78 is 89.0. The van der Waals surface area contributed by atoms with E-state index in [0.717, 1.165) is 18.8 Å². The molecule has 0 heterocycles. The van der Waals surface area contributed by atoms with Gasteiger partial charge in [0.25, 0.3) is 0 Å². The molecule has 0 unspecified atom stereocenters. The van der Waals surface area contributed by atoms with Crippen LogP contribution in [0.5, 0.6) is 5.75 Å². The maximum absolute atomic E-state index is 14.3. The van der Waals surface area contributed by atoms with Crippen LogP contribution in [0.1, 0.15) is 80.9 Å². The molecule has 0 bridgehead atoms. The Kier molecular flexibility index (Phi) is 9.89. The highest BCUT2D eigenvalue weighted by molar-refractivity contribution is 5.32. The molecule has 1 fully saturated rings. The molecule has 0 aliphatic heterocycles. The molecule has 0 atom stereocenters. The Hall–Kier alpha value is -2.22. The van der Waals surface area contributed by atoms with E-state index in [0.29, 0.717) is 23.6 Å². The van der Waals surface area contributed by atoms with Crippen molar-refractivity contribution in [2.75, 3.05) is 0 Å². The molecule has 1 aliphatic carbocycles. The highest BCUT2D eigenvalue weighted by atomic mass is 19.3. The number of halogens is 6. The molecule has 0 aromatic heterocycles. The van der Waals surface area contributed by atoms with Crippen molar-refractivity contribution in [1.82, 2.24) is 0 Å². The zero-order chi connectivity index (χ0) is 25.4. The Balaban J connectivity index is 1.50. The third-order valence-corrected chi connectivity index (χ3v) is 6.64. The third-order valence-electron chi connectivity index (χ3n) is 6.64. The molecule has 0 radical (unpaired) electrons. The smallest absolute Gasteiger partial charge is 0.387 e. The number of unbranched alkanes of at least 4 members (excludes halogenated alkanes) is 2. The van der Waals surface area contributed by atoms with Gasteiger partial charge in [-0.15, -0.1) is 0 Å². The van der Waals surface area contributed by atoms with E-state index in [2.05, 4.69) is 11.7 Å². The van der Waals surface area contributed by atoms with E-state index < -0.39 is 42.1 Å². The largest absolute Gasteiger partial charge is 0.429 e. The van der Waals surface area contributed by atoms with Crippen molar-refractivity contribution in [1.29, 1.82) is 0 Å². The van der Waals surface area contributed by atoms with Gasteiger partial charge < -0.3 is 9.47 Å². The summed E-state index contributed by atoms with van der Waals surface area (Å²) in [7, 11) is 0. The van der Waals surface area contributed by atoms with Crippen LogP contribution in [-0.2, 0) is 17.8 Å². The molecule has 3 rings (SSSR count). The first-order valence-electron chi connectivity index (χ1n) is 12.2.